The minimum absolute atomic E-state index is 0.220. The van der Waals surface area contributed by atoms with E-state index in [1.54, 1.807) is 24.5 Å². The molecule has 0 radical (unpaired) electrons. The van der Waals surface area contributed by atoms with Crippen molar-refractivity contribution in [3.63, 3.8) is 0 Å². The van der Waals surface area contributed by atoms with Crippen LogP contribution in [0.25, 0.3) is 6.08 Å². The molecule has 0 aliphatic carbocycles. The van der Waals surface area contributed by atoms with E-state index in [2.05, 4.69) is 10.3 Å². The Balaban J connectivity index is 2.04. The van der Waals surface area contributed by atoms with Crippen molar-refractivity contribution >= 4 is 29.3 Å². The summed E-state index contributed by atoms with van der Waals surface area (Å²) in [6.45, 7) is 1.95. The summed E-state index contributed by atoms with van der Waals surface area (Å²) in [7, 11) is 0. The zero-order valence-electron chi connectivity index (χ0n) is 10.4. The SMILES string of the molecule is Cc1ccc(NC(=O)/C=C/c2ccncc2)c(Cl)c1. The number of halogens is 1. The van der Waals surface area contributed by atoms with E-state index in [1.165, 1.54) is 6.08 Å². The Morgan fingerprint density at radius 3 is 2.68 bits per heavy atom. The van der Waals surface area contributed by atoms with E-state index in [4.69, 9.17) is 11.6 Å². The average Bonchev–Trinajstić information content (AvgIpc) is 2.41. The maximum atomic E-state index is 11.8. The summed E-state index contributed by atoms with van der Waals surface area (Å²) >= 11 is 6.04. The number of anilines is 1. The quantitative estimate of drug-likeness (QED) is 0.866. The molecular formula is C15H13ClN2O. The van der Waals surface area contributed by atoms with Crippen LogP contribution in [0.5, 0.6) is 0 Å². The van der Waals surface area contributed by atoms with Gasteiger partial charge in [-0.15, -0.1) is 0 Å². The molecule has 96 valence electrons. The molecule has 2 rings (SSSR count). The van der Waals surface area contributed by atoms with E-state index in [0.29, 0.717) is 10.7 Å². The third-order valence-corrected chi connectivity index (χ3v) is 2.83. The van der Waals surface area contributed by atoms with Gasteiger partial charge in [-0.3, -0.25) is 9.78 Å². The molecule has 0 saturated carbocycles. The highest BCUT2D eigenvalue weighted by Crippen LogP contribution is 2.22. The standard InChI is InChI=1S/C15H13ClN2O/c1-11-2-4-14(13(16)10-11)18-15(19)5-3-12-6-8-17-9-7-12/h2-10H,1H3,(H,18,19)/b5-3+. The molecule has 0 atom stereocenters. The highest BCUT2D eigenvalue weighted by atomic mass is 35.5. The number of nitrogens with zero attached hydrogens (tertiary/aromatic N) is 1. The van der Waals surface area contributed by atoms with Gasteiger partial charge in [0.1, 0.15) is 0 Å². The van der Waals surface area contributed by atoms with Crippen molar-refractivity contribution in [2.75, 3.05) is 5.32 Å². The van der Waals surface area contributed by atoms with Crippen LogP contribution in [0.4, 0.5) is 5.69 Å². The molecule has 0 aliphatic rings. The average molecular weight is 273 g/mol. The van der Waals surface area contributed by atoms with Crippen molar-refractivity contribution in [1.82, 2.24) is 4.98 Å². The molecule has 0 fully saturated rings. The van der Waals surface area contributed by atoms with Crippen LogP contribution in [0.3, 0.4) is 0 Å². The smallest absolute Gasteiger partial charge is 0.248 e. The topological polar surface area (TPSA) is 42.0 Å². The Morgan fingerprint density at radius 1 is 1.26 bits per heavy atom. The Hall–Kier alpha value is -2.13. The lowest BCUT2D eigenvalue weighted by atomic mass is 10.2. The summed E-state index contributed by atoms with van der Waals surface area (Å²) < 4.78 is 0. The number of carbonyl (C=O) groups excluding carboxylic acids is 1. The van der Waals surface area contributed by atoms with Gasteiger partial charge in [0.25, 0.3) is 0 Å². The highest BCUT2D eigenvalue weighted by molar-refractivity contribution is 6.33. The molecule has 4 heteroatoms. The number of pyridine rings is 1. The molecule has 0 aliphatic heterocycles. The molecule has 0 bridgehead atoms. The number of aromatic nitrogens is 1. The number of amides is 1. The van der Waals surface area contributed by atoms with Crippen LogP contribution in [0.1, 0.15) is 11.1 Å². The lowest BCUT2D eigenvalue weighted by molar-refractivity contribution is -0.111. The van der Waals surface area contributed by atoms with Crippen LogP contribution in [0.2, 0.25) is 5.02 Å². The van der Waals surface area contributed by atoms with Crippen molar-refractivity contribution in [1.29, 1.82) is 0 Å². The van der Waals surface area contributed by atoms with Crippen LogP contribution in [-0.2, 0) is 4.79 Å². The monoisotopic (exact) mass is 272 g/mol. The van der Waals surface area contributed by atoms with Crippen LogP contribution in [0.15, 0.2) is 48.8 Å². The number of nitrogens with one attached hydrogen (secondary N) is 1. The van der Waals surface area contributed by atoms with Gasteiger partial charge in [0, 0.05) is 18.5 Å². The molecule has 1 amide bonds. The second-order valence-corrected chi connectivity index (χ2v) is 4.49. The van der Waals surface area contributed by atoms with Gasteiger partial charge in [-0.25, -0.2) is 0 Å². The fourth-order valence-electron chi connectivity index (χ4n) is 1.54. The van der Waals surface area contributed by atoms with E-state index < -0.39 is 0 Å². The molecule has 19 heavy (non-hydrogen) atoms. The second kappa shape index (κ2) is 6.16. The first kappa shape index (κ1) is 13.3. The van der Waals surface area contributed by atoms with Gasteiger partial charge in [0.15, 0.2) is 0 Å². The zero-order chi connectivity index (χ0) is 13.7. The third kappa shape index (κ3) is 3.93. The summed E-state index contributed by atoms with van der Waals surface area (Å²) in [5, 5.41) is 3.27. The lowest BCUT2D eigenvalue weighted by Gasteiger charge is -2.05. The fraction of sp³-hybridized carbons (Fsp3) is 0.0667. The van der Waals surface area contributed by atoms with E-state index in [1.807, 2.05) is 31.2 Å². The van der Waals surface area contributed by atoms with Gasteiger partial charge in [-0.2, -0.15) is 0 Å². The van der Waals surface area contributed by atoms with Crippen molar-refractivity contribution in [3.05, 3.63) is 65.0 Å². The van der Waals surface area contributed by atoms with Crippen LogP contribution >= 0.6 is 11.6 Å². The summed E-state index contributed by atoms with van der Waals surface area (Å²) in [6.07, 6.45) is 6.54. The molecule has 0 unspecified atom stereocenters. The van der Waals surface area contributed by atoms with Gasteiger partial charge in [0.2, 0.25) is 5.91 Å². The van der Waals surface area contributed by atoms with Crippen molar-refractivity contribution < 1.29 is 4.79 Å². The number of hydrogen-bond acceptors (Lipinski definition) is 2. The first-order valence-corrected chi connectivity index (χ1v) is 6.18. The maximum Gasteiger partial charge on any atom is 0.248 e. The third-order valence-electron chi connectivity index (χ3n) is 2.52. The van der Waals surface area contributed by atoms with Gasteiger partial charge in [-0.1, -0.05) is 17.7 Å². The van der Waals surface area contributed by atoms with Crippen LogP contribution in [-0.4, -0.2) is 10.9 Å². The summed E-state index contributed by atoms with van der Waals surface area (Å²) in [6, 6.07) is 9.14. The molecule has 2 aromatic rings. The minimum atomic E-state index is -0.220. The zero-order valence-corrected chi connectivity index (χ0v) is 11.2. The van der Waals surface area contributed by atoms with E-state index in [-0.39, 0.29) is 5.91 Å². The van der Waals surface area contributed by atoms with Gasteiger partial charge < -0.3 is 5.32 Å². The van der Waals surface area contributed by atoms with E-state index in [9.17, 15) is 4.79 Å². The molecule has 0 saturated heterocycles. The van der Waals surface area contributed by atoms with Crippen LogP contribution in [0, 0.1) is 6.92 Å². The maximum absolute atomic E-state index is 11.8. The molecule has 1 N–H and O–H groups in total. The number of rotatable bonds is 3. The Morgan fingerprint density at radius 2 is 2.00 bits per heavy atom. The van der Waals surface area contributed by atoms with Crippen molar-refractivity contribution in [2.45, 2.75) is 6.92 Å². The first-order valence-electron chi connectivity index (χ1n) is 5.80. The Bertz CT molecular complexity index is 609. The van der Waals surface area contributed by atoms with Crippen LogP contribution < -0.4 is 5.32 Å². The number of benzene rings is 1. The number of hydrogen-bond donors (Lipinski definition) is 1. The van der Waals surface area contributed by atoms with Gasteiger partial charge in [0.05, 0.1) is 10.7 Å². The lowest BCUT2D eigenvalue weighted by Crippen LogP contribution is -2.08. The van der Waals surface area contributed by atoms with Crippen molar-refractivity contribution in [2.24, 2.45) is 0 Å². The summed E-state index contributed by atoms with van der Waals surface area (Å²) in [5.74, 6) is -0.220. The number of carbonyl (C=O) groups is 1. The normalized spacial score (nSPS) is 10.6. The molecule has 1 aromatic carbocycles. The first-order chi connectivity index (χ1) is 9.15. The predicted molar refractivity (Wildman–Crippen MR) is 78.1 cm³/mol. The molecular weight excluding hydrogens is 260 g/mol. The largest absolute Gasteiger partial charge is 0.321 e. The van der Waals surface area contributed by atoms with Crippen molar-refractivity contribution in [3.8, 4) is 0 Å². The van der Waals surface area contributed by atoms with E-state index in [0.717, 1.165) is 11.1 Å². The fourth-order valence-corrected chi connectivity index (χ4v) is 1.82. The summed E-state index contributed by atoms with van der Waals surface area (Å²) in [4.78, 5) is 15.7. The Kier molecular flexibility index (Phi) is 4.31. The van der Waals surface area contributed by atoms with Gasteiger partial charge in [-0.05, 0) is 48.4 Å². The molecule has 0 spiro atoms. The Labute approximate surface area is 116 Å². The predicted octanol–water partition coefficient (Wildman–Crippen LogP) is 3.70. The second-order valence-electron chi connectivity index (χ2n) is 4.09. The summed E-state index contributed by atoms with van der Waals surface area (Å²) in [5.41, 5.74) is 2.58. The number of aryl methyl sites for hydroxylation is 1. The highest BCUT2D eigenvalue weighted by Gasteiger charge is 2.02. The minimum Gasteiger partial charge on any atom is -0.321 e. The molecule has 1 aromatic heterocycles. The molecule has 1 heterocycles. The molecule has 3 nitrogen and oxygen atoms in total. The van der Waals surface area contributed by atoms with E-state index >= 15 is 0 Å². The van der Waals surface area contributed by atoms with Gasteiger partial charge >= 0.3 is 0 Å².